The van der Waals surface area contributed by atoms with Crippen LogP contribution in [0.5, 0.6) is 0 Å². The first-order valence-electron chi connectivity index (χ1n) is 6.89. The predicted molar refractivity (Wildman–Crippen MR) is 90.0 cm³/mol. The maximum Gasteiger partial charge on any atom is 0.328 e. The van der Waals surface area contributed by atoms with Gasteiger partial charge < -0.3 is 15.4 Å². The lowest BCUT2D eigenvalue weighted by Gasteiger charge is -2.16. The number of halogens is 1. The van der Waals surface area contributed by atoms with Gasteiger partial charge >= 0.3 is 12.0 Å². The Bertz CT molecular complexity index is 662. The van der Waals surface area contributed by atoms with Crippen molar-refractivity contribution in [2.45, 2.75) is 12.5 Å². The molecule has 0 bridgehead atoms. The molecule has 0 unspecified atom stereocenters. The van der Waals surface area contributed by atoms with Crippen molar-refractivity contribution in [3.8, 4) is 0 Å². The Kier molecular flexibility index (Phi) is 6.10. The molecule has 2 amide bonds. The molecule has 0 fully saturated rings. The number of amides is 2. The zero-order valence-corrected chi connectivity index (χ0v) is 14.0. The molecule has 1 atom stereocenters. The maximum atomic E-state index is 12.1. The van der Waals surface area contributed by atoms with Crippen molar-refractivity contribution >= 4 is 33.6 Å². The fraction of sp³-hybridized carbons (Fsp3) is 0.188. The highest BCUT2D eigenvalue weighted by molar-refractivity contribution is 9.10. The quantitative estimate of drug-likeness (QED) is 0.785. The number of rotatable bonds is 5. The second kappa shape index (κ2) is 8.28. The number of pyridine rings is 1. The van der Waals surface area contributed by atoms with E-state index in [0.717, 1.165) is 4.47 Å². The number of nitrogens with zero attached hydrogens (tertiary/aromatic N) is 1. The highest BCUT2D eigenvalue weighted by atomic mass is 79.9. The number of nitrogens with one attached hydrogen (secondary N) is 2. The predicted octanol–water partition coefficient (Wildman–Crippen LogP) is 2.75. The molecule has 23 heavy (non-hydrogen) atoms. The van der Waals surface area contributed by atoms with Gasteiger partial charge in [-0.05, 0) is 36.4 Å². The molecule has 0 spiro atoms. The summed E-state index contributed by atoms with van der Waals surface area (Å²) in [6, 6.07) is 11.2. The first-order valence-corrected chi connectivity index (χ1v) is 7.68. The normalized spacial score (nSPS) is 11.4. The number of carbonyl (C=O) groups is 2. The number of aromatic nitrogens is 1. The molecule has 2 rings (SSSR count). The van der Waals surface area contributed by atoms with E-state index in [1.165, 1.54) is 7.11 Å². The van der Waals surface area contributed by atoms with Crippen LogP contribution in [0.25, 0.3) is 0 Å². The SMILES string of the molecule is COC(=O)[C@@H](Cc1ccccn1)NC(=O)Nc1ccc(Br)cc1. The van der Waals surface area contributed by atoms with E-state index in [4.69, 9.17) is 4.74 Å². The molecule has 120 valence electrons. The Hall–Kier alpha value is -2.41. The molecule has 0 aliphatic carbocycles. The molecular weight excluding hydrogens is 362 g/mol. The number of hydrogen-bond acceptors (Lipinski definition) is 4. The van der Waals surface area contributed by atoms with Crippen LogP contribution < -0.4 is 10.6 Å². The average molecular weight is 378 g/mol. The Morgan fingerprint density at radius 2 is 1.96 bits per heavy atom. The topological polar surface area (TPSA) is 80.3 Å². The number of urea groups is 1. The van der Waals surface area contributed by atoms with Crippen LogP contribution in [0.15, 0.2) is 53.1 Å². The standard InChI is InChI=1S/C16H16BrN3O3/c1-23-15(21)14(10-13-4-2-3-9-18-13)20-16(22)19-12-7-5-11(17)6-8-12/h2-9,14H,10H2,1H3,(H2,19,20,22)/t14-/m1/s1. The third-order valence-corrected chi connectivity index (χ3v) is 3.56. The number of hydrogen-bond donors (Lipinski definition) is 2. The van der Waals surface area contributed by atoms with Crippen LogP contribution in [-0.4, -0.2) is 30.1 Å². The summed E-state index contributed by atoms with van der Waals surface area (Å²) in [7, 11) is 1.28. The summed E-state index contributed by atoms with van der Waals surface area (Å²) in [6.07, 6.45) is 1.88. The van der Waals surface area contributed by atoms with E-state index in [1.54, 1.807) is 42.6 Å². The van der Waals surface area contributed by atoms with Gasteiger partial charge in [0.25, 0.3) is 0 Å². The van der Waals surface area contributed by atoms with Gasteiger partial charge in [0.1, 0.15) is 6.04 Å². The zero-order valence-electron chi connectivity index (χ0n) is 12.5. The van der Waals surface area contributed by atoms with Gasteiger partial charge in [0.15, 0.2) is 0 Å². The third kappa shape index (κ3) is 5.37. The fourth-order valence-electron chi connectivity index (χ4n) is 1.92. The number of esters is 1. The second-order valence-electron chi connectivity index (χ2n) is 4.71. The van der Waals surface area contributed by atoms with Crippen LogP contribution in [0, 0.1) is 0 Å². The zero-order chi connectivity index (χ0) is 16.7. The molecule has 0 aliphatic heterocycles. The number of carbonyl (C=O) groups excluding carboxylic acids is 2. The monoisotopic (exact) mass is 377 g/mol. The van der Waals surface area contributed by atoms with Crippen LogP contribution in [-0.2, 0) is 16.0 Å². The molecule has 6 nitrogen and oxygen atoms in total. The summed E-state index contributed by atoms with van der Waals surface area (Å²) in [5, 5.41) is 5.27. The van der Waals surface area contributed by atoms with Gasteiger partial charge in [-0.1, -0.05) is 22.0 Å². The van der Waals surface area contributed by atoms with Crippen molar-refractivity contribution in [2.75, 3.05) is 12.4 Å². The van der Waals surface area contributed by atoms with Gasteiger partial charge in [-0.3, -0.25) is 4.98 Å². The summed E-state index contributed by atoms with van der Waals surface area (Å²) in [5.74, 6) is -0.526. The highest BCUT2D eigenvalue weighted by Gasteiger charge is 2.22. The summed E-state index contributed by atoms with van der Waals surface area (Å²) in [6.45, 7) is 0. The number of methoxy groups -OCH3 is 1. The molecule has 1 aromatic carbocycles. The molecular formula is C16H16BrN3O3. The van der Waals surface area contributed by atoms with Gasteiger partial charge in [-0.2, -0.15) is 0 Å². The minimum absolute atomic E-state index is 0.251. The number of anilines is 1. The van der Waals surface area contributed by atoms with E-state index in [2.05, 4.69) is 31.5 Å². The van der Waals surface area contributed by atoms with E-state index in [-0.39, 0.29) is 6.42 Å². The molecule has 0 saturated heterocycles. The van der Waals surface area contributed by atoms with Crippen LogP contribution in [0.4, 0.5) is 10.5 Å². The van der Waals surface area contributed by atoms with Crippen LogP contribution in [0.3, 0.4) is 0 Å². The Balaban J connectivity index is 2.00. The minimum atomic E-state index is -0.814. The molecule has 0 aliphatic rings. The van der Waals surface area contributed by atoms with Crippen LogP contribution >= 0.6 is 15.9 Å². The molecule has 7 heteroatoms. The molecule has 1 aromatic heterocycles. The summed E-state index contributed by atoms with van der Waals surface area (Å²) < 4.78 is 5.64. The van der Waals surface area contributed by atoms with Crippen molar-refractivity contribution in [1.29, 1.82) is 0 Å². The van der Waals surface area contributed by atoms with Gasteiger partial charge in [-0.25, -0.2) is 9.59 Å². The van der Waals surface area contributed by atoms with Crippen LogP contribution in [0.1, 0.15) is 5.69 Å². The lowest BCUT2D eigenvalue weighted by molar-refractivity contribution is -0.142. The van der Waals surface area contributed by atoms with Crippen molar-refractivity contribution in [3.05, 3.63) is 58.8 Å². The summed E-state index contributed by atoms with van der Waals surface area (Å²) in [5.41, 5.74) is 1.30. The van der Waals surface area contributed by atoms with Crippen molar-refractivity contribution in [1.82, 2.24) is 10.3 Å². The van der Waals surface area contributed by atoms with Crippen LogP contribution in [0.2, 0.25) is 0 Å². The first kappa shape index (κ1) is 17.0. The number of ether oxygens (including phenoxy) is 1. The van der Waals surface area contributed by atoms with Crippen molar-refractivity contribution in [2.24, 2.45) is 0 Å². The van der Waals surface area contributed by atoms with Crippen molar-refractivity contribution in [3.63, 3.8) is 0 Å². The van der Waals surface area contributed by atoms with E-state index < -0.39 is 18.0 Å². The molecule has 0 saturated carbocycles. The lowest BCUT2D eigenvalue weighted by Crippen LogP contribution is -2.45. The molecule has 1 heterocycles. The summed E-state index contributed by atoms with van der Waals surface area (Å²) in [4.78, 5) is 28.1. The van der Waals surface area contributed by atoms with E-state index in [9.17, 15) is 9.59 Å². The Morgan fingerprint density at radius 1 is 1.22 bits per heavy atom. The summed E-state index contributed by atoms with van der Waals surface area (Å²) >= 11 is 3.32. The average Bonchev–Trinajstić information content (AvgIpc) is 2.56. The smallest absolute Gasteiger partial charge is 0.328 e. The molecule has 2 aromatic rings. The van der Waals surface area contributed by atoms with E-state index >= 15 is 0 Å². The minimum Gasteiger partial charge on any atom is -0.467 e. The largest absolute Gasteiger partial charge is 0.467 e. The molecule has 2 N–H and O–H groups in total. The van der Waals surface area contributed by atoms with E-state index in [0.29, 0.717) is 11.4 Å². The third-order valence-electron chi connectivity index (χ3n) is 3.03. The highest BCUT2D eigenvalue weighted by Crippen LogP contribution is 2.14. The number of benzene rings is 1. The van der Waals surface area contributed by atoms with Gasteiger partial charge in [-0.15, -0.1) is 0 Å². The van der Waals surface area contributed by atoms with Crippen molar-refractivity contribution < 1.29 is 14.3 Å². The van der Waals surface area contributed by atoms with E-state index in [1.807, 2.05) is 6.07 Å². The lowest BCUT2D eigenvalue weighted by atomic mass is 10.1. The molecule has 0 radical (unpaired) electrons. The Morgan fingerprint density at radius 3 is 2.57 bits per heavy atom. The second-order valence-corrected chi connectivity index (χ2v) is 5.62. The van der Waals surface area contributed by atoms with Gasteiger partial charge in [0.05, 0.1) is 7.11 Å². The first-order chi connectivity index (χ1) is 11.1. The Labute approximate surface area is 142 Å². The van der Waals surface area contributed by atoms with Gasteiger partial charge in [0, 0.05) is 28.5 Å². The fourth-order valence-corrected chi connectivity index (χ4v) is 2.19. The maximum absolute atomic E-state index is 12.1. The van der Waals surface area contributed by atoms with Gasteiger partial charge in [0.2, 0.25) is 0 Å².